The van der Waals surface area contributed by atoms with Crippen LogP contribution in [0.25, 0.3) is 10.2 Å². The Bertz CT molecular complexity index is 692. The summed E-state index contributed by atoms with van der Waals surface area (Å²) >= 11 is 1.51. The summed E-state index contributed by atoms with van der Waals surface area (Å²) in [5.74, 6) is -0.529. The summed E-state index contributed by atoms with van der Waals surface area (Å²) in [6.45, 7) is 9.49. The quantitative estimate of drug-likeness (QED) is 0.880. The predicted molar refractivity (Wildman–Crippen MR) is 88.3 cm³/mol. The lowest BCUT2D eigenvalue weighted by Crippen LogP contribution is -2.42. The fourth-order valence-electron chi connectivity index (χ4n) is 2.18. The molecule has 0 fully saturated rings. The summed E-state index contributed by atoms with van der Waals surface area (Å²) in [6, 6.07) is 3.71. The van der Waals surface area contributed by atoms with Crippen molar-refractivity contribution < 1.29 is 14.3 Å². The summed E-state index contributed by atoms with van der Waals surface area (Å²) < 4.78 is 7.00. The first kappa shape index (κ1) is 16.5. The zero-order valence-electron chi connectivity index (χ0n) is 13.6. The molecule has 0 aliphatic rings. The maximum absolute atomic E-state index is 12.2. The van der Waals surface area contributed by atoms with E-state index in [4.69, 9.17) is 4.74 Å². The van der Waals surface area contributed by atoms with Crippen LogP contribution in [0.5, 0.6) is 0 Å². The Kier molecular flexibility index (Phi) is 4.60. The number of amides is 1. The van der Waals surface area contributed by atoms with Crippen molar-refractivity contribution in [2.45, 2.75) is 52.8 Å². The van der Waals surface area contributed by atoms with Crippen LogP contribution in [0.4, 0.5) is 0 Å². The fourth-order valence-corrected chi connectivity index (χ4v) is 3.07. The molecule has 1 amide bonds. The lowest BCUT2D eigenvalue weighted by Gasteiger charge is -2.21. The van der Waals surface area contributed by atoms with Crippen LogP contribution in [0, 0.1) is 0 Å². The van der Waals surface area contributed by atoms with E-state index < -0.39 is 5.97 Å². The third-order valence-corrected chi connectivity index (χ3v) is 3.82. The second-order valence-corrected chi connectivity index (χ2v) is 7.44. The van der Waals surface area contributed by atoms with Crippen molar-refractivity contribution >= 4 is 33.4 Å². The number of carbonyl (C=O) groups excluding carboxylic acids is 2. The minimum Gasteiger partial charge on any atom is -0.458 e. The molecule has 0 aliphatic heterocycles. The van der Waals surface area contributed by atoms with Gasteiger partial charge in [-0.05, 0) is 52.1 Å². The third-order valence-electron chi connectivity index (χ3n) is 2.87. The normalized spacial score (nSPS) is 11.9. The van der Waals surface area contributed by atoms with Gasteiger partial charge in [0, 0.05) is 10.9 Å². The number of fused-ring (bicyclic) bond motifs is 1. The third kappa shape index (κ3) is 3.88. The maximum Gasteiger partial charge on any atom is 0.355 e. The number of nitrogens with one attached hydrogen (secondary N) is 1. The zero-order valence-corrected chi connectivity index (χ0v) is 14.4. The number of rotatable bonds is 4. The number of esters is 1. The van der Waals surface area contributed by atoms with Gasteiger partial charge < -0.3 is 14.6 Å². The van der Waals surface area contributed by atoms with E-state index in [9.17, 15) is 9.59 Å². The van der Waals surface area contributed by atoms with Gasteiger partial charge in [0.1, 0.15) is 17.1 Å². The van der Waals surface area contributed by atoms with Crippen LogP contribution in [0.15, 0.2) is 17.5 Å². The van der Waals surface area contributed by atoms with E-state index in [2.05, 4.69) is 5.32 Å². The van der Waals surface area contributed by atoms with Crippen LogP contribution in [-0.4, -0.2) is 28.1 Å². The van der Waals surface area contributed by atoms with Crippen molar-refractivity contribution in [3.05, 3.63) is 23.2 Å². The molecule has 120 valence electrons. The molecule has 2 rings (SSSR count). The molecule has 0 radical (unpaired) electrons. The lowest BCUT2D eigenvalue weighted by atomic mass is 10.1. The van der Waals surface area contributed by atoms with Crippen LogP contribution in [-0.2, 0) is 16.1 Å². The van der Waals surface area contributed by atoms with Gasteiger partial charge in [0.2, 0.25) is 5.91 Å². The van der Waals surface area contributed by atoms with E-state index in [1.54, 1.807) is 24.5 Å². The molecule has 2 aromatic rings. The van der Waals surface area contributed by atoms with E-state index >= 15 is 0 Å². The largest absolute Gasteiger partial charge is 0.458 e. The molecule has 0 saturated heterocycles. The number of hydrogen-bond acceptors (Lipinski definition) is 4. The first-order chi connectivity index (χ1) is 10.2. The van der Waals surface area contributed by atoms with E-state index in [0.717, 1.165) is 10.2 Å². The summed E-state index contributed by atoms with van der Waals surface area (Å²) in [5, 5.41) is 5.81. The van der Waals surface area contributed by atoms with Gasteiger partial charge in [0.15, 0.2) is 0 Å². The fraction of sp³-hybridized carbons (Fsp3) is 0.500. The Morgan fingerprint density at radius 1 is 1.36 bits per heavy atom. The van der Waals surface area contributed by atoms with Gasteiger partial charge in [-0.2, -0.15) is 0 Å². The van der Waals surface area contributed by atoms with Gasteiger partial charge in [0.25, 0.3) is 0 Å². The number of carbonyl (C=O) groups is 2. The smallest absolute Gasteiger partial charge is 0.355 e. The Morgan fingerprint density at radius 3 is 2.64 bits per heavy atom. The summed E-state index contributed by atoms with van der Waals surface area (Å²) in [5.41, 5.74) is 0.108. The molecule has 5 nitrogen and oxygen atoms in total. The molecule has 0 atom stereocenters. The van der Waals surface area contributed by atoms with Gasteiger partial charge in [-0.25, -0.2) is 4.79 Å². The Balaban J connectivity index is 2.32. The lowest BCUT2D eigenvalue weighted by molar-refractivity contribution is -0.123. The van der Waals surface area contributed by atoms with Gasteiger partial charge in [-0.1, -0.05) is 0 Å². The highest BCUT2D eigenvalue weighted by Gasteiger charge is 2.22. The van der Waals surface area contributed by atoms with Crippen molar-refractivity contribution in [3.63, 3.8) is 0 Å². The van der Waals surface area contributed by atoms with Gasteiger partial charge in [0.05, 0.1) is 6.10 Å². The first-order valence-corrected chi connectivity index (χ1v) is 8.14. The van der Waals surface area contributed by atoms with Crippen LogP contribution in [0.3, 0.4) is 0 Å². The highest BCUT2D eigenvalue weighted by Crippen LogP contribution is 2.26. The average Bonchev–Trinajstić information content (AvgIpc) is 2.88. The molecular weight excluding hydrogens is 300 g/mol. The van der Waals surface area contributed by atoms with Gasteiger partial charge in [-0.15, -0.1) is 11.3 Å². The summed E-state index contributed by atoms with van der Waals surface area (Å²) in [4.78, 5) is 25.4. The van der Waals surface area contributed by atoms with E-state index in [-0.39, 0.29) is 24.1 Å². The average molecular weight is 322 g/mol. The van der Waals surface area contributed by atoms with Crippen molar-refractivity contribution in [2.75, 3.05) is 0 Å². The van der Waals surface area contributed by atoms with Crippen molar-refractivity contribution in [1.29, 1.82) is 0 Å². The minimum absolute atomic E-state index is 0.101. The standard InChI is InChI=1S/C16H22N2O3S/c1-10(2)21-15(20)12-8-11-6-7-22-14(11)18(12)9-13(19)17-16(3,4)5/h6-8,10H,9H2,1-5H3,(H,17,19). The van der Waals surface area contributed by atoms with Crippen LogP contribution < -0.4 is 5.32 Å². The Morgan fingerprint density at radius 2 is 2.05 bits per heavy atom. The molecule has 0 bridgehead atoms. The summed E-state index contributed by atoms with van der Waals surface area (Å²) in [6.07, 6.45) is -0.197. The molecule has 0 saturated carbocycles. The topological polar surface area (TPSA) is 60.3 Å². The Labute approximate surface area is 134 Å². The molecule has 0 spiro atoms. The number of hydrogen-bond donors (Lipinski definition) is 1. The van der Waals surface area contributed by atoms with E-state index in [0.29, 0.717) is 5.69 Å². The van der Waals surface area contributed by atoms with E-state index in [1.165, 1.54) is 11.3 Å². The van der Waals surface area contributed by atoms with Crippen LogP contribution in [0.1, 0.15) is 45.1 Å². The molecule has 1 N–H and O–H groups in total. The molecule has 2 heterocycles. The first-order valence-electron chi connectivity index (χ1n) is 7.26. The van der Waals surface area contributed by atoms with Gasteiger partial charge in [-0.3, -0.25) is 4.79 Å². The number of nitrogens with zero attached hydrogens (tertiary/aromatic N) is 1. The highest BCUT2D eigenvalue weighted by molar-refractivity contribution is 7.16. The number of aromatic nitrogens is 1. The van der Waals surface area contributed by atoms with E-state index in [1.807, 2.05) is 32.2 Å². The maximum atomic E-state index is 12.2. The molecular formula is C16H22N2O3S. The van der Waals surface area contributed by atoms with Crippen LogP contribution in [0.2, 0.25) is 0 Å². The van der Waals surface area contributed by atoms with Gasteiger partial charge >= 0.3 is 5.97 Å². The summed E-state index contributed by atoms with van der Waals surface area (Å²) in [7, 11) is 0. The second kappa shape index (κ2) is 6.12. The predicted octanol–water partition coefficient (Wildman–Crippen LogP) is 3.18. The van der Waals surface area contributed by atoms with Crippen molar-refractivity contribution in [3.8, 4) is 0 Å². The van der Waals surface area contributed by atoms with Crippen molar-refractivity contribution in [1.82, 2.24) is 9.88 Å². The highest BCUT2D eigenvalue weighted by atomic mass is 32.1. The molecule has 22 heavy (non-hydrogen) atoms. The second-order valence-electron chi connectivity index (χ2n) is 6.55. The monoisotopic (exact) mass is 322 g/mol. The van der Waals surface area contributed by atoms with Crippen molar-refractivity contribution in [2.24, 2.45) is 0 Å². The molecule has 0 aliphatic carbocycles. The molecule has 6 heteroatoms. The SMILES string of the molecule is CC(C)OC(=O)c1cc2ccsc2n1CC(=O)NC(C)(C)C. The molecule has 0 unspecified atom stereocenters. The Hall–Kier alpha value is -1.82. The minimum atomic E-state index is -0.401. The number of ether oxygens (including phenoxy) is 1. The molecule has 0 aromatic carbocycles. The number of thiophene rings is 1. The molecule has 2 aromatic heterocycles. The van der Waals surface area contributed by atoms with Crippen LogP contribution >= 0.6 is 11.3 Å². The zero-order chi connectivity index (χ0) is 16.5.